The number of hydrogen-bond acceptors (Lipinski definition) is 2. The third-order valence-electron chi connectivity index (χ3n) is 2.15. The summed E-state index contributed by atoms with van der Waals surface area (Å²) in [5, 5.41) is 2.65. The molecule has 0 aliphatic heterocycles. The smallest absolute Gasteiger partial charge is 0.237 e. The molecular formula is C10H13NO2. The van der Waals surface area contributed by atoms with Crippen molar-refractivity contribution in [3.8, 4) is 0 Å². The lowest BCUT2D eigenvalue weighted by molar-refractivity contribution is -0.130. The molecule has 0 heterocycles. The second-order valence-electron chi connectivity index (χ2n) is 3.31. The van der Waals surface area contributed by atoms with Crippen molar-refractivity contribution in [3.05, 3.63) is 24.4 Å². The third-order valence-corrected chi connectivity index (χ3v) is 2.15. The van der Waals surface area contributed by atoms with E-state index in [9.17, 15) is 9.59 Å². The summed E-state index contributed by atoms with van der Waals surface area (Å²) in [6.45, 7) is 5.27. The normalized spacial score (nSPS) is 19.0. The van der Waals surface area contributed by atoms with Gasteiger partial charge in [0, 0.05) is 5.70 Å². The van der Waals surface area contributed by atoms with E-state index in [-0.39, 0.29) is 5.91 Å². The van der Waals surface area contributed by atoms with E-state index in [1.54, 1.807) is 19.1 Å². The minimum atomic E-state index is -0.726. The van der Waals surface area contributed by atoms with Crippen molar-refractivity contribution >= 4 is 12.2 Å². The Balaban J connectivity index is 2.55. The van der Waals surface area contributed by atoms with Gasteiger partial charge in [0.1, 0.15) is 11.7 Å². The number of aldehydes is 1. The van der Waals surface area contributed by atoms with Crippen LogP contribution in [0, 0.1) is 5.41 Å². The Bertz CT molecular complexity index is 275. The molecule has 1 aliphatic carbocycles. The summed E-state index contributed by atoms with van der Waals surface area (Å²) in [4.78, 5) is 22.0. The fourth-order valence-electron chi connectivity index (χ4n) is 1.06. The van der Waals surface area contributed by atoms with Gasteiger partial charge in [-0.3, -0.25) is 4.79 Å². The summed E-state index contributed by atoms with van der Waals surface area (Å²) < 4.78 is 0. The zero-order valence-electron chi connectivity index (χ0n) is 7.67. The number of allylic oxidation sites excluding steroid dienone is 3. The molecule has 1 N–H and O–H groups in total. The largest absolute Gasteiger partial charge is 0.329 e. The van der Waals surface area contributed by atoms with Crippen molar-refractivity contribution in [2.45, 2.75) is 19.8 Å². The molecule has 0 spiro atoms. The Hall–Kier alpha value is -1.38. The first kappa shape index (κ1) is 9.71. The first-order valence-corrected chi connectivity index (χ1v) is 4.22. The van der Waals surface area contributed by atoms with E-state index in [0.29, 0.717) is 18.5 Å². The standard InChI is InChI=1S/C10H13NO2/c1-3-4-8(2)11-9(13)10(7-12)5-6-10/h3-4,7H,1,5-6H2,2H3,(H,11,13)/b8-4+. The van der Waals surface area contributed by atoms with Crippen LogP contribution in [0.1, 0.15) is 19.8 Å². The van der Waals surface area contributed by atoms with E-state index < -0.39 is 5.41 Å². The van der Waals surface area contributed by atoms with E-state index in [0.717, 1.165) is 6.29 Å². The highest BCUT2D eigenvalue weighted by atomic mass is 16.2. The summed E-state index contributed by atoms with van der Waals surface area (Å²) in [6.07, 6.45) is 5.37. The van der Waals surface area contributed by atoms with Crippen LogP contribution < -0.4 is 5.32 Å². The highest BCUT2D eigenvalue weighted by molar-refractivity contribution is 6.00. The van der Waals surface area contributed by atoms with E-state index in [2.05, 4.69) is 11.9 Å². The molecule has 3 nitrogen and oxygen atoms in total. The van der Waals surface area contributed by atoms with E-state index >= 15 is 0 Å². The molecule has 0 aromatic carbocycles. The van der Waals surface area contributed by atoms with E-state index in [1.807, 2.05) is 0 Å². The lowest BCUT2D eigenvalue weighted by atomic mass is 10.1. The monoisotopic (exact) mass is 179 g/mol. The summed E-state index contributed by atoms with van der Waals surface area (Å²) in [5.74, 6) is -0.196. The molecule has 0 atom stereocenters. The van der Waals surface area contributed by atoms with Crippen molar-refractivity contribution in [2.24, 2.45) is 5.41 Å². The molecule has 0 bridgehead atoms. The van der Waals surface area contributed by atoms with Crippen LogP contribution in [0.3, 0.4) is 0 Å². The SMILES string of the molecule is C=C/C=C(\C)NC(=O)C1(C=O)CC1. The molecule has 1 aliphatic rings. The van der Waals surface area contributed by atoms with Crippen LogP contribution >= 0.6 is 0 Å². The van der Waals surface area contributed by atoms with Crippen molar-refractivity contribution in [1.29, 1.82) is 0 Å². The predicted octanol–water partition coefficient (Wildman–Crippen LogP) is 1.17. The summed E-state index contributed by atoms with van der Waals surface area (Å²) in [5.41, 5.74) is -0.0101. The minimum absolute atomic E-state index is 0.196. The Labute approximate surface area is 77.5 Å². The fourth-order valence-corrected chi connectivity index (χ4v) is 1.06. The lowest BCUT2D eigenvalue weighted by Crippen LogP contribution is -2.31. The third kappa shape index (κ3) is 2.05. The van der Waals surface area contributed by atoms with Gasteiger partial charge in [-0.15, -0.1) is 0 Å². The molecule has 0 saturated heterocycles. The molecule has 1 saturated carbocycles. The maximum absolute atomic E-state index is 11.4. The van der Waals surface area contributed by atoms with Crippen molar-refractivity contribution in [1.82, 2.24) is 5.32 Å². The van der Waals surface area contributed by atoms with Crippen LogP contribution in [-0.2, 0) is 9.59 Å². The molecule has 0 aromatic heterocycles. The highest BCUT2D eigenvalue weighted by Gasteiger charge is 2.49. The van der Waals surface area contributed by atoms with Crippen LogP contribution in [0.4, 0.5) is 0 Å². The Morgan fingerprint density at radius 1 is 1.54 bits per heavy atom. The molecule has 0 aromatic rings. The zero-order chi connectivity index (χ0) is 9.90. The van der Waals surface area contributed by atoms with Gasteiger partial charge in [0.25, 0.3) is 0 Å². The maximum atomic E-state index is 11.4. The number of carbonyl (C=O) groups is 2. The molecule has 13 heavy (non-hydrogen) atoms. The molecule has 1 rings (SSSR count). The van der Waals surface area contributed by atoms with Gasteiger partial charge in [-0.2, -0.15) is 0 Å². The number of rotatable bonds is 4. The van der Waals surface area contributed by atoms with Crippen molar-refractivity contribution < 1.29 is 9.59 Å². The lowest BCUT2D eigenvalue weighted by Gasteiger charge is -2.08. The Kier molecular flexibility index (Phi) is 2.66. The molecule has 0 unspecified atom stereocenters. The van der Waals surface area contributed by atoms with Crippen LogP contribution in [0.5, 0.6) is 0 Å². The van der Waals surface area contributed by atoms with E-state index in [1.165, 1.54) is 0 Å². The highest BCUT2D eigenvalue weighted by Crippen LogP contribution is 2.43. The van der Waals surface area contributed by atoms with Gasteiger partial charge >= 0.3 is 0 Å². The van der Waals surface area contributed by atoms with Crippen LogP contribution in [-0.4, -0.2) is 12.2 Å². The molecule has 0 radical (unpaired) electrons. The quantitative estimate of drug-likeness (QED) is 0.400. The van der Waals surface area contributed by atoms with Gasteiger partial charge in [0.2, 0.25) is 5.91 Å². The second kappa shape index (κ2) is 3.56. The number of carbonyl (C=O) groups excluding carboxylic acids is 2. The van der Waals surface area contributed by atoms with Crippen molar-refractivity contribution in [3.63, 3.8) is 0 Å². The molecule has 1 fully saturated rings. The average molecular weight is 179 g/mol. The first-order valence-electron chi connectivity index (χ1n) is 4.22. The summed E-state index contributed by atoms with van der Waals surface area (Å²) in [7, 11) is 0. The van der Waals surface area contributed by atoms with Gasteiger partial charge in [-0.25, -0.2) is 0 Å². The number of nitrogens with one attached hydrogen (secondary N) is 1. The summed E-state index contributed by atoms with van der Waals surface area (Å²) >= 11 is 0. The molecule has 3 heteroatoms. The molecule has 70 valence electrons. The number of hydrogen-bond donors (Lipinski definition) is 1. The Morgan fingerprint density at radius 3 is 2.54 bits per heavy atom. The second-order valence-corrected chi connectivity index (χ2v) is 3.31. The van der Waals surface area contributed by atoms with Gasteiger partial charge in [0.05, 0.1) is 0 Å². The maximum Gasteiger partial charge on any atom is 0.237 e. The zero-order valence-corrected chi connectivity index (χ0v) is 7.67. The predicted molar refractivity (Wildman–Crippen MR) is 49.8 cm³/mol. The first-order chi connectivity index (χ1) is 6.14. The van der Waals surface area contributed by atoms with Crippen LogP contribution in [0.2, 0.25) is 0 Å². The van der Waals surface area contributed by atoms with Crippen LogP contribution in [0.15, 0.2) is 24.4 Å². The topological polar surface area (TPSA) is 46.2 Å². The fraction of sp³-hybridized carbons (Fsp3) is 0.400. The van der Waals surface area contributed by atoms with Gasteiger partial charge in [-0.05, 0) is 25.8 Å². The minimum Gasteiger partial charge on any atom is -0.329 e. The summed E-state index contributed by atoms with van der Waals surface area (Å²) in [6, 6.07) is 0. The van der Waals surface area contributed by atoms with Gasteiger partial charge in [0.15, 0.2) is 0 Å². The van der Waals surface area contributed by atoms with Crippen LogP contribution in [0.25, 0.3) is 0 Å². The number of amides is 1. The van der Waals surface area contributed by atoms with Gasteiger partial charge in [-0.1, -0.05) is 12.7 Å². The van der Waals surface area contributed by atoms with E-state index in [4.69, 9.17) is 0 Å². The van der Waals surface area contributed by atoms with Gasteiger partial charge < -0.3 is 10.1 Å². The van der Waals surface area contributed by atoms with Crippen molar-refractivity contribution in [2.75, 3.05) is 0 Å². The molecular weight excluding hydrogens is 166 g/mol. The molecule has 1 amide bonds. The average Bonchev–Trinajstić information content (AvgIpc) is 2.84. The Morgan fingerprint density at radius 2 is 2.15 bits per heavy atom.